The molecule has 0 spiro atoms. The van der Waals surface area contributed by atoms with E-state index in [-0.39, 0.29) is 0 Å². The first kappa shape index (κ1) is 7.84. The Morgan fingerprint density at radius 2 is 1.77 bits per heavy atom. The van der Waals surface area contributed by atoms with Gasteiger partial charge >= 0.3 is 0 Å². The van der Waals surface area contributed by atoms with Crippen LogP contribution in [0.3, 0.4) is 0 Å². The van der Waals surface area contributed by atoms with Gasteiger partial charge in [0.05, 0.1) is 5.84 Å². The quantitative estimate of drug-likeness (QED) is 0.482. The van der Waals surface area contributed by atoms with Gasteiger partial charge in [0.1, 0.15) is 0 Å². The van der Waals surface area contributed by atoms with Crippen molar-refractivity contribution in [2.45, 2.75) is 26.7 Å². The number of piperidine rings is 1. The van der Waals surface area contributed by atoms with E-state index in [0.29, 0.717) is 11.3 Å². The normalized spacial score (nSPS) is 40.3. The minimum absolute atomic E-state index is 0.598. The molecule has 2 saturated carbocycles. The molecule has 13 heavy (non-hydrogen) atoms. The van der Waals surface area contributed by atoms with Crippen LogP contribution in [-0.2, 0) is 0 Å². The highest BCUT2D eigenvalue weighted by molar-refractivity contribution is 5.84. The Kier molecular flexibility index (Phi) is 1.27. The molecule has 1 N–H and O–H groups in total. The average Bonchev–Trinajstić information content (AvgIpc) is 2.91. The zero-order valence-electron chi connectivity index (χ0n) is 8.51. The molecule has 0 bridgehead atoms. The van der Waals surface area contributed by atoms with Gasteiger partial charge in [0.2, 0.25) is 0 Å². The molecule has 0 aromatic carbocycles. The van der Waals surface area contributed by atoms with Crippen LogP contribution in [0.25, 0.3) is 0 Å². The lowest BCUT2D eigenvalue weighted by atomic mass is 10.1. The minimum atomic E-state index is 0.598. The Morgan fingerprint density at radius 1 is 1.23 bits per heavy atom. The van der Waals surface area contributed by atoms with Crippen LogP contribution in [0.4, 0.5) is 0 Å². The molecule has 3 aliphatic rings. The number of hydrogen-bond donors (Lipinski definition) is 1. The topological polar surface area (TPSA) is 27.1 Å². The van der Waals surface area contributed by atoms with Crippen LogP contribution in [0, 0.1) is 28.6 Å². The first-order valence-corrected chi connectivity index (χ1v) is 5.44. The lowest BCUT2D eigenvalue weighted by Crippen LogP contribution is -2.33. The van der Waals surface area contributed by atoms with E-state index in [0.717, 1.165) is 17.7 Å². The summed E-state index contributed by atoms with van der Waals surface area (Å²) in [5.74, 6) is 3.38. The summed E-state index contributed by atoms with van der Waals surface area (Å²) >= 11 is 0. The van der Waals surface area contributed by atoms with Crippen molar-refractivity contribution in [1.29, 1.82) is 5.41 Å². The van der Waals surface area contributed by atoms with Gasteiger partial charge in [0, 0.05) is 19.0 Å². The van der Waals surface area contributed by atoms with E-state index in [1.54, 1.807) is 0 Å². The molecule has 72 valence electrons. The average molecular weight is 178 g/mol. The lowest BCUT2D eigenvalue weighted by molar-refractivity contribution is 0.354. The molecule has 1 heterocycles. The fourth-order valence-corrected chi connectivity index (χ4v) is 2.94. The Balaban J connectivity index is 1.64. The SMILES string of the molecule is CC1(C)C2CN(C(=N)C3CC3)CC21. The molecule has 2 unspecified atom stereocenters. The van der Waals surface area contributed by atoms with E-state index in [4.69, 9.17) is 5.41 Å². The molecular weight excluding hydrogens is 160 g/mol. The summed E-state index contributed by atoms with van der Waals surface area (Å²) in [4.78, 5) is 2.33. The van der Waals surface area contributed by atoms with Gasteiger partial charge in [0.15, 0.2) is 0 Å². The highest BCUT2D eigenvalue weighted by Gasteiger charge is 2.62. The Hall–Kier alpha value is -0.530. The number of fused-ring (bicyclic) bond motifs is 1. The maximum Gasteiger partial charge on any atom is 0.0989 e. The van der Waals surface area contributed by atoms with Crippen molar-refractivity contribution < 1.29 is 0 Å². The molecule has 1 saturated heterocycles. The van der Waals surface area contributed by atoms with Gasteiger partial charge in [-0.25, -0.2) is 0 Å². The second-order valence-corrected chi connectivity index (χ2v) is 5.60. The summed E-state index contributed by atoms with van der Waals surface area (Å²) in [5.41, 5.74) is 0.598. The number of amidine groups is 1. The van der Waals surface area contributed by atoms with E-state index in [1.807, 2.05) is 0 Å². The summed E-state index contributed by atoms with van der Waals surface area (Å²) in [7, 11) is 0. The van der Waals surface area contributed by atoms with Crippen molar-refractivity contribution >= 4 is 5.84 Å². The Bertz CT molecular complexity index is 251. The molecule has 0 aromatic rings. The largest absolute Gasteiger partial charge is 0.360 e. The molecule has 0 radical (unpaired) electrons. The predicted molar refractivity (Wildman–Crippen MR) is 52.8 cm³/mol. The van der Waals surface area contributed by atoms with E-state index >= 15 is 0 Å². The van der Waals surface area contributed by atoms with Crippen LogP contribution < -0.4 is 0 Å². The molecule has 3 rings (SSSR count). The number of nitrogens with zero attached hydrogens (tertiary/aromatic N) is 1. The van der Waals surface area contributed by atoms with Gasteiger partial charge in [-0.1, -0.05) is 13.8 Å². The highest BCUT2D eigenvalue weighted by Crippen LogP contribution is 2.62. The van der Waals surface area contributed by atoms with Crippen LogP contribution >= 0.6 is 0 Å². The maximum absolute atomic E-state index is 7.97. The van der Waals surface area contributed by atoms with Crippen LogP contribution in [0.5, 0.6) is 0 Å². The van der Waals surface area contributed by atoms with Crippen molar-refractivity contribution in [3.8, 4) is 0 Å². The molecule has 3 fully saturated rings. The maximum atomic E-state index is 7.97. The second-order valence-electron chi connectivity index (χ2n) is 5.60. The molecule has 2 atom stereocenters. The highest BCUT2D eigenvalue weighted by atomic mass is 15.2. The predicted octanol–water partition coefficient (Wildman–Crippen LogP) is 1.96. The smallest absolute Gasteiger partial charge is 0.0989 e. The lowest BCUT2D eigenvalue weighted by Gasteiger charge is -2.24. The number of nitrogens with one attached hydrogen (secondary N) is 1. The molecular formula is C11H18N2. The molecule has 2 aliphatic carbocycles. The minimum Gasteiger partial charge on any atom is -0.360 e. The van der Waals surface area contributed by atoms with Crippen LogP contribution in [0.1, 0.15) is 26.7 Å². The molecule has 2 nitrogen and oxygen atoms in total. The van der Waals surface area contributed by atoms with E-state index < -0.39 is 0 Å². The number of rotatable bonds is 1. The summed E-state index contributed by atoms with van der Waals surface area (Å²) < 4.78 is 0. The first-order chi connectivity index (χ1) is 6.10. The van der Waals surface area contributed by atoms with Gasteiger partial charge in [-0.2, -0.15) is 0 Å². The molecule has 2 heteroatoms. The summed E-state index contributed by atoms with van der Waals surface area (Å²) in [5, 5.41) is 7.97. The van der Waals surface area contributed by atoms with Gasteiger partial charge in [-0.05, 0) is 30.1 Å². The zero-order valence-corrected chi connectivity index (χ0v) is 8.51. The molecule has 0 amide bonds. The Labute approximate surface area is 79.8 Å². The molecule has 1 aliphatic heterocycles. The Morgan fingerprint density at radius 3 is 2.23 bits per heavy atom. The van der Waals surface area contributed by atoms with E-state index in [1.165, 1.54) is 25.9 Å². The third-order valence-corrected chi connectivity index (χ3v) is 4.43. The number of likely N-dealkylation sites (tertiary alicyclic amines) is 1. The van der Waals surface area contributed by atoms with Crippen LogP contribution in [0.2, 0.25) is 0 Å². The fourth-order valence-electron chi connectivity index (χ4n) is 2.94. The van der Waals surface area contributed by atoms with E-state index in [9.17, 15) is 0 Å². The second kappa shape index (κ2) is 2.10. The fraction of sp³-hybridized carbons (Fsp3) is 0.909. The first-order valence-electron chi connectivity index (χ1n) is 5.44. The third kappa shape index (κ3) is 0.976. The van der Waals surface area contributed by atoms with Crippen molar-refractivity contribution in [3.05, 3.63) is 0 Å². The van der Waals surface area contributed by atoms with Gasteiger partial charge in [-0.15, -0.1) is 0 Å². The van der Waals surface area contributed by atoms with Crippen molar-refractivity contribution in [2.24, 2.45) is 23.2 Å². The van der Waals surface area contributed by atoms with Gasteiger partial charge < -0.3 is 4.90 Å². The molecule has 0 aromatic heterocycles. The van der Waals surface area contributed by atoms with Gasteiger partial charge in [-0.3, -0.25) is 5.41 Å². The number of hydrogen-bond acceptors (Lipinski definition) is 1. The summed E-state index contributed by atoms with van der Waals surface area (Å²) in [6.07, 6.45) is 2.54. The van der Waals surface area contributed by atoms with Crippen LogP contribution in [0.15, 0.2) is 0 Å². The summed E-state index contributed by atoms with van der Waals surface area (Å²) in [6, 6.07) is 0. The third-order valence-electron chi connectivity index (χ3n) is 4.43. The van der Waals surface area contributed by atoms with Crippen molar-refractivity contribution in [2.75, 3.05) is 13.1 Å². The van der Waals surface area contributed by atoms with Gasteiger partial charge in [0.25, 0.3) is 0 Å². The monoisotopic (exact) mass is 178 g/mol. The van der Waals surface area contributed by atoms with E-state index in [2.05, 4.69) is 18.7 Å². The zero-order chi connectivity index (χ0) is 9.22. The van der Waals surface area contributed by atoms with Crippen molar-refractivity contribution in [1.82, 2.24) is 4.90 Å². The summed E-state index contributed by atoms with van der Waals surface area (Å²) in [6.45, 7) is 7.10. The van der Waals surface area contributed by atoms with Crippen molar-refractivity contribution in [3.63, 3.8) is 0 Å². The van der Waals surface area contributed by atoms with Crippen LogP contribution in [-0.4, -0.2) is 23.8 Å². The standard InChI is InChI=1S/C11H18N2/c1-11(2)8-5-13(6-9(8)11)10(12)7-3-4-7/h7-9,12H,3-6H2,1-2H3.